The first-order valence-corrected chi connectivity index (χ1v) is 10.8. The predicted molar refractivity (Wildman–Crippen MR) is 100 cm³/mol. The number of benzene rings is 1. The van der Waals surface area contributed by atoms with Crippen molar-refractivity contribution in [3.63, 3.8) is 0 Å². The molecule has 1 N–H and O–H groups in total. The van der Waals surface area contributed by atoms with Gasteiger partial charge < -0.3 is 0 Å². The molecule has 3 heterocycles. The van der Waals surface area contributed by atoms with E-state index >= 15 is 0 Å². The molecule has 1 amide bonds. The quantitative estimate of drug-likeness (QED) is 0.741. The molecular formula is C17H16N4O3S2. The number of thiazole rings is 1. The molecule has 1 saturated heterocycles. The average Bonchev–Trinajstić information content (AvgIpc) is 3.35. The third-order valence-corrected chi connectivity index (χ3v) is 6.68. The van der Waals surface area contributed by atoms with Gasteiger partial charge in [-0.25, -0.2) is 13.4 Å². The van der Waals surface area contributed by atoms with E-state index < -0.39 is 9.84 Å². The fraction of sp³-hybridized carbons (Fsp3) is 0.235. The zero-order valence-electron chi connectivity index (χ0n) is 13.7. The van der Waals surface area contributed by atoms with Crippen LogP contribution in [0, 0.1) is 0 Å². The summed E-state index contributed by atoms with van der Waals surface area (Å²) >= 11 is 1.32. The second-order valence-corrected chi connectivity index (χ2v) is 9.20. The van der Waals surface area contributed by atoms with Crippen molar-refractivity contribution < 1.29 is 13.2 Å². The van der Waals surface area contributed by atoms with Crippen molar-refractivity contribution in [2.75, 3.05) is 16.8 Å². The number of rotatable bonds is 4. The van der Waals surface area contributed by atoms with Crippen molar-refractivity contribution in [3.8, 4) is 11.3 Å². The summed E-state index contributed by atoms with van der Waals surface area (Å²) in [7, 11) is -3.06. The number of amides is 1. The van der Waals surface area contributed by atoms with Crippen molar-refractivity contribution >= 4 is 32.2 Å². The highest BCUT2D eigenvalue weighted by atomic mass is 32.2. The largest absolute Gasteiger partial charge is 0.296 e. The van der Waals surface area contributed by atoms with E-state index in [1.54, 1.807) is 22.3 Å². The van der Waals surface area contributed by atoms with Crippen molar-refractivity contribution in [1.82, 2.24) is 14.8 Å². The summed E-state index contributed by atoms with van der Waals surface area (Å²) < 4.78 is 25.5. The Morgan fingerprint density at radius 2 is 2.08 bits per heavy atom. The van der Waals surface area contributed by atoms with Crippen LogP contribution in [0.15, 0.2) is 48.0 Å². The van der Waals surface area contributed by atoms with Crippen LogP contribution in [-0.4, -0.2) is 40.6 Å². The smallest absolute Gasteiger partial charge is 0.277 e. The van der Waals surface area contributed by atoms with E-state index in [1.165, 1.54) is 11.3 Å². The van der Waals surface area contributed by atoms with Crippen LogP contribution < -0.4 is 5.32 Å². The molecule has 9 heteroatoms. The number of aromatic nitrogens is 3. The molecule has 0 radical (unpaired) electrons. The van der Waals surface area contributed by atoms with E-state index in [1.807, 2.05) is 30.3 Å². The summed E-state index contributed by atoms with van der Waals surface area (Å²) in [6.45, 7) is 0. The second kappa shape index (κ2) is 6.65. The maximum atomic E-state index is 12.5. The molecule has 0 spiro atoms. The van der Waals surface area contributed by atoms with Gasteiger partial charge in [-0.2, -0.15) is 5.10 Å². The van der Waals surface area contributed by atoms with Crippen molar-refractivity contribution in [1.29, 1.82) is 0 Å². The second-order valence-electron chi connectivity index (χ2n) is 6.07. The van der Waals surface area contributed by atoms with E-state index in [-0.39, 0.29) is 29.1 Å². The monoisotopic (exact) mass is 388 g/mol. The van der Waals surface area contributed by atoms with Gasteiger partial charge in [0, 0.05) is 11.6 Å². The third-order valence-electron chi connectivity index (χ3n) is 4.24. The highest BCUT2D eigenvalue weighted by Gasteiger charge is 2.32. The van der Waals surface area contributed by atoms with E-state index in [4.69, 9.17) is 0 Å². The lowest BCUT2D eigenvalue weighted by atomic mass is 10.1. The summed E-state index contributed by atoms with van der Waals surface area (Å²) in [5, 5.41) is 9.41. The molecule has 1 fully saturated rings. The molecule has 0 saturated carbocycles. The third kappa shape index (κ3) is 3.40. The number of anilines is 1. The Hall–Kier alpha value is -2.52. The van der Waals surface area contributed by atoms with E-state index in [9.17, 15) is 13.2 Å². The lowest BCUT2D eigenvalue weighted by Gasteiger charge is -2.13. The number of carbonyl (C=O) groups is 1. The Labute approximate surface area is 154 Å². The molecule has 0 aliphatic carbocycles. The van der Waals surface area contributed by atoms with Crippen molar-refractivity contribution in [3.05, 3.63) is 53.7 Å². The first-order valence-electron chi connectivity index (χ1n) is 8.08. The van der Waals surface area contributed by atoms with Gasteiger partial charge in [-0.3, -0.25) is 14.8 Å². The molecule has 1 aliphatic heterocycles. The molecule has 3 aromatic rings. The first-order chi connectivity index (χ1) is 12.5. The van der Waals surface area contributed by atoms with Gasteiger partial charge in [-0.1, -0.05) is 30.3 Å². The van der Waals surface area contributed by atoms with Crippen LogP contribution in [0.3, 0.4) is 0 Å². The SMILES string of the molecule is O=C(Nc1nccs1)c1cc(-c2ccccc2)n([C@@H]2CCS(=O)(=O)C2)n1. The highest BCUT2D eigenvalue weighted by molar-refractivity contribution is 7.91. The molecule has 4 rings (SSSR count). The molecule has 1 atom stereocenters. The van der Waals surface area contributed by atoms with Crippen molar-refractivity contribution in [2.45, 2.75) is 12.5 Å². The average molecular weight is 388 g/mol. The lowest BCUT2D eigenvalue weighted by Crippen LogP contribution is -2.16. The van der Waals surface area contributed by atoms with E-state index in [0.717, 1.165) is 11.3 Å². The molecule has 2 aromatic heterocycles. The molecule has 7 nitrogen and oxygen atoms in total. The molecule has 0 unspecified atom stereocenters. The molecular weight excluding hydrogens is 372 g/mol. The van der Waals surface area contributed by atoms with Gasteiger partial charge >= 0.3 is 0 Å². The van der Waals surface area contributed by atoms with Gasteiger partial charge in [0.05, 0.1) is 23.2 Å². The Morgan fingerprint density at radius 3 is 2.73 bits per heavy atom. The zero-order valence-corrected chi connectivity index (χ0v) is 15.3. The minimum Gasteiger partial charge on any atom is -0.296 e. The van der Waals surface area contributed by atoms with Crippen molar-refractivity contribution in [2.24, 2.45) is 0 Å². The minimum atomic E-state index is -3.06. The van der Waals surface area contributed by atoms with Crippen LogP contribution in [0.25, 0.3) is 11.3 Å². The first kappa shape index (κ1) is 16.9. The highest BCUT2D eigenvalue weighted by Crippen LogP contribution is 2.30. The number of hydrogen-bond acceptors (Lipinski definition) is 6. The maximum absolute atomic E-state index is 12.5. The Balaban J connectivity index is 1.72. The van der Waals surface area contributed by atoms with Gasteiger partial charge in [-0.05, 0) is 18.1 Å². The Kier molecular flexibility index (Phi) is 4.33. The molecule has 0 bridgehead atoms. The molecule has 134 valence electrons. The van der Waals surface area contributed by atoms with Gasteiger partial charge in [0.2, 0.25) is 0 Å². The summed E-state index contributed by atoms with van der Waals surface area (Å²) in [5.74, 6) is -0.175. The van der Waals surface area contributed by atoms with Crippen LogP contribution in [0.2, 0.25) is 0 Å². The molecule has 1 aliphatic rings. The fourth-order valence-corrected chi connectivity index (χ4v) is 5.24. The molecule has 1 aromatic carbocycles. The van der Waals surface area contributed by atoms with Crippen LogP contribution in [0.1, 0.15) is 23.0 Å². The normalized spacial score (nSPS) is 18.7. The topological polar surface area (TPSA) is 94.0 Å². The van der Waals surface area contributed by atoms with Gasteiger partial charge in [0.15, 0.2) is 20.7 Å². The van der Waals surface area contributed by atoms with Crippen LogP contribution in [-0.2, 0) is 9.84 Å². The number of carbonyl (C=O) groups excluding carboxylic acids is 1. The van der Waals surface area contributed by atoms with Gasteiger partial charge in [-0.15, -0.1) is 11.3 Å². The number of nitrogens with one attached hydrogen (secondary N) is 1. The Morgan fingerprint density at radius 1 is 1.27 bits per heavy atom. The fourth-order valence-electron chi connectivity index (χ4n) is 3.02. The predicted octanol–water partition coefficient (Wildman–Crippen LogP) is 2.62. The molecule has 26 heavy (non-hydrogen) atoms. The standard InChI is InChI=1S/C17H16N4O3S2/c22-16(19-17-18-7-8-25-17)14-10-15(12-4-2-1-3-5-12)21(20-14)13-6-9-26(23,24)11-13/h1-5,7-8,10,13H,6,9,11H2,(H,18,19,22)/t13-/m1/s1. The van der Waals surface area contributed by atoms with Crippen LogP contribution in [0.4, 0.5) is 5.13 Å². The number of sulfone groups is 1. The summed E-state index contributed by atoms with van der Waals surface area (Å²) in [6, 6.07) is 11.0. The number of nitrogens with zero attached hydrogens (tertiary/aromatic N) is 3. The maximum Gasteiger partial charge on any atom is 0.277 e. The minimum absolute atomic E-state index is 0.0437. The summed E-state index contributed by atoms with van der Waals surface area (Å²) in [5.41, 5.74) is 1.86. The lowest BCUT2D eigenvalue weighted by molar-refractivity contribution is 0.102. The van der Waals surface area contributed by atoms with Crippen LogP contribution >= 0.6 is 11.3 Å². The number of hydrogen-bond donors (Lipinski definition) is 1. The van der Waals surface area contributed by atoms with E-state index in [2.05, 4.69) is 15.4 Å². The van der Waals surface area contributed by atoms with E-state index in [0.29, 0.717) is 11.6 Å². The Bertz CT molecular complexity index is 1030. The van der Waals surface area contributed by atoms with Gasteiger partial charge in [0.1, 0.15) is 0 Å². The van der Waals surface area contributed by atoms with Gasteiger partial charge in [0.25, 0.3) is 5.91 Å². The zero-order chi connectivity index (χ0) is 18.1. The van der Waals surface area contributed by atoms with Crippen LogP contribution in [0.5, 0.6) is 0 Å². The summed E-state index contributed by atoms with van der Waals surface area (Å²) in [6.07, 6.45) is 2.11. The summed E-state index contributed by atoms with van der Waals surface area (Å²) in [4.78, 5) is 16.6.